The van der Waals surface area contributed by atoms with Crippen molar-refractivity contribution in [2.75, 3.05) is 0 Å². The first-order chi connectivity index (χ1) is 14.4. The lowest BCUT2D eigenvalue weighted by molar-refractivity contribution is -0.137. The molecule has 1 aromatic heterocycles. The van der Waals surface area contributed by atoms with Crippen LogP contribution in [-0.4, -0.2) is 27.6 Å². The van der Waals surface area contributed by atoms with Crippen molar-refractivity contribution in [1.29, 1.82) is 0 Å². The van der Waals surface area contributed by atoms with E-state index in [0.717, 1.165) is 27.7 Å². The van der Waals surface area contributed by atoms with E-state index in [1.807, 2.05) is 18.2 Å². The molecule has 4 rings (SSSR count). The number of hydrogen-bond acceptors (Lipinski definition) is 2. The highest BCUT2D eigenvalue weighted by atomic mass is 35.5. The normalized spacial score (nSPS) is 15.7. The average molecular weight is 429 g/mol. The number of aliphatic carboxylic acids is 1. The summed E-state index contributed by atoms with van der Waals surface area (Å²) < 4.78 is 15.6. The number of nitrogens with one attached hydrogen (secondary N) is 1. The second-order valence-electron chi connectivity index (χ2n) is 7.70. The predicted molar refractivity (Wildman–Crippen MR) is 113 cm³/mol. The van der Waals surface area contributed by atoms with Gasteiger partial charge in [-0.15, -0.1) is 0 Å². The van der Waals surface area contributed by atoms with E-state index in [-0.39, 0.29) is 24.3 Å². The minimum absolute atomic E-state index is 0.0381. The number of carboxylic acid groups (broad SMARTS) is 1. The number of aryl methyl sites for hydroxylation is 1. The molecule has 1 aliphatic carbocycles. The number of hydrogen-bond donors (Lipinski definition) is 2. The predicted octanol–water partition coefficient (Wildman–Crippen LogP) is 4.12. The quantitative estimate of drug-likeness (QED) is 0.620. The molecule has 156 valence electrons. The van der Waals surface area contributed by atoms with Crippen LogP contribution in [0.25, 0.3) is 10.9 Å². The maximum absolute atomic E-state index is 13.9. The van der Waals surface area contributed by atoms with Gasteiger partial charge in [0, 0.05) is 34.1 Å². The Morgan fingerprint density at radius 3 is 2.83 bits per heavy atom. The molecule has 2 aromatic carbocycles. The van der Waals surface area contributed by atoms with E-state index in [2.05, 4.69) is 5.32 Å². The SMILES string of the molecule is O=C(O)Cn1c2c(c3cc(F)ccc31)C[C@H](NC(=O)CCc1cccc(Cl)c1)CC2. The second kappa shape index (κ2) is 8.48. The third-order valence-electron chi connectivity index (χ3n) is 5.62. The van der Waals surface area contributed by atoms with Crippen molar-refractivity contribution >= 4 is 34.4 Å². The summed E-state index contributed by atoms with van der Waals surface area (Å²) in [6, 6.07) is 11.8. The molecule has 1 atom stereocenters. The lowest BCUT2D eigenvalue weighted by Gasteiger charge is -2.25. The van der Waals surface area contributed by atoms with Crippen molar-refractivity contribution in [3.63, 3.8) is 0 Å². The van der Waals surface area contributed by atoms with Gasteiger partial charge in [-0.25, -0.2) is 4.39 Å². The topological polar surface area (TPSA) is 71.3 Å². The largest absolute Gasteiger partial charge is 0.480 e. The number of fused-ring (bicyclic) bond motifs is 3. The van der Waals surface area contributed by atoms with E-state index >= 15 is 0 Å². The first-order valence-electron chi connectivity index (χ1n) is 9.96. The summed E-state index contributed by atoms with van der Waals surface area (Å²) in [6.45, 7) is -0.159. The Kier molecular flexibility index (Phi) is 5.77. The van der Waals surface area contributed by atoms with Gasteiger partial charge in [0.2, 0.25) is 5.91 Å². The summed E-state index contributed by atoms with van der Waals surface area (Å²) in [6.07, 6.45) is 2.88. The van der Waals surface area contributed by atoms with Crippen LogP contribution >= 0.6 is 11.6 Å². The maximum Gasteiger partial charge on any atom is 0.323 e. The van der Waals surface area contributed by atoms with Crippen LogP contribution in [-0.2, 0) is 35.4 Å². The lowest BCUT2D eigenvalue weighted by atomic mass is 9.91. The Labute approximate surface area is 178 Å². The Morgan fingerprint density at radius 1 is 1.23 bits per heavy atom. The van der Waals surface area contributed by atoms with E-state index in [0.29, 0.717) is 37.1 Å². The molecule has 5 nitrogen and oxygen atoms in total. The van der Waals surface area contributed by atoms with E-state index in [4.69, 9.17) is 11.6 Å². The zero-order valence-corrected chi connectivity index (χ0v) is 17.1. The molecule has 1 heterocycles. The van der Waals surface area contributed by atoms with E-state index < -0.39 is 5.97 Å². The Bertz CT molecular complexity index is 1130. The third kappa shape index (κ3) is 4.33. The molecule has 1 aliphatic rings. The van der Waals surface area contributed by atoms with Crippen LogP contribution in [0.2, 0.25) is 5.02 Å². The van der Waals surface area contributed by atoms with E-state index in [9.17, 15) is 19.1 Å². The molecule has 7 heteroatoms. The Morgan fingerprint density at radius 2 is 2.07 bits per heavy atom. The van der Waals surface area contributed by atoms with Crippen molar-refractivity contribution in [2.24, 2.45) is 0 Å². The summed E-state index contributed by atoms with van der Waals surface area (Å²) >= 11 is 5.99. The maximum atomic E-state index is 13.9. The first kappa shape index (κ1) is 20.4. The fraction of sp³-hybridized carbons (Fsp3) is 0.304. The number of carboxylic acids is 1. The second-order valence-corrected chi connectivity index (χ2v) is 8.14. The van der Waals surface area contributed by atoms with Crippen molar-refractivity contribution in [2.45, 2.75) is 44.7 Å². The molecule has 0 spiro atoms. The molecular weight excluding hydrogens is 407 g/mol. The van der Waals surface area contributed by atoms with Gasteiger partial charge in [0.25, 0.3) is 0 Å². The number of benzene rings is 2. The molecule has 3 aromatic rings. The van der Waals surface area contributed by atoms with E-state index in [1.54, 1.807) is 16.7 Å². The fourth-order valence-electron chi connectivity index (χ4n) is 4.31. The van der Waals surface area contributed by atoms with Gasteiger partial charge >= 0.3 is 5.97 Å². The van der Waals surface area contributed by atoms with Gasteiger partial charge in [0.15, 0.2) is 0 Å². The molecule has 1 amide bonds. The van der Waals surface area contributed by atoms with Crippen molar-refractivity contribution in [3.8, 4) is 0 Å². The zero-order valence-electron chi connectivity index (χ0n) is 16.3. The summed E-state index contributed by atoms with van der Waals surface area (Å²) in [5.74, 6) is -1.33. The van der Waals surface area contributed by atoms with Gasteiger partial charge in [-0.05, 0) is 67.1 Å². The Hall–Kier alpha value is -2.86. The minimum atomic E-state index is -0.935. The smallest absolute Gasteiger partial charge is 0.323 e. The lowest BCUT2D eigenvalue weighted by Crippen LogP contribution is -2.39. The molecule has 0 unspecified atom stereocenters. The van der Waals surface area contributed by atoms with E-state index in [1.165, 1.54) is 12.1 Å². The molecule has 0 saturated carbocycles. The van der Waals surface area contributed by atoms with Crippen LogP contribution in [0.3, 0.4) is 0 Å². The number of rotatable bonds is 6. The fourth-order valence-corrected chi connectivity index (χ4v) is 4.52. The molecule has 0 bridgehead atoms. The van der Waals surface area contributed by atoms with Crippen LogP contribution in [0.4, 0.5) is 4.39 Å². The summed E-state index contributed by atoms with van der Waals surface area (Å²) in [5.41, 5.74) is 3.58. The van der Waals surface area contributed by atoms with Crippen LogP contribution in [0.15, 0.2) is 42.5 Å². The number of carbonyl (C=O) groups excluding carboxylic acids is 1. The number of amides is 1. The van der Waals surface area contributed by atoms with Crippen LogP contribution in [0, 0.1) is 5.82 Å². The van der Waals surface area contributed by atoms with Crippen LogP contribution < -0.4 is 5.32 Å². The van der Waals surface area contributed by atoms with Crippen molar-refractivity contribution in [3.05, 3.63) is 70.1 Å². The molecule has 0 aliphatic heterocycles. The standard InChI is InChI=1S/C23H22ClFN2O3/c24-15-3-1-2-14(10-15)4-9-22(28)26-17-6-8-21-19(12-17)18-11-16(25)5-7-20(18)27(21)13-23(29)30/h1-3,5,7,10-11,17H,4,6,8-9,12-13H2,(H,26,28)(H,29,30)/t17-/m1/s1. The van der Waals surface area contributed by atoms with Gasteiger partial charge in [-0.2, -0.15) is 0 Å². The number of nitrogens with zero attached hydrogens (tertiary/aromatic N) is 1. The van der Waals surface area contributed by atoms with Gasteiger partial charge < -0.3 is 15.0 Å². The summed E-state index contributed by atoms with van der Waals surface area (Å²) in [7, 11) is 0. The van der Waals surface area contributed by atoms with Crippen LogP contribution in [0.1, 0.15) is 29.7 Å². The van der Waals surface area contributed by atoms with Gasteiger partial charge in [0.05, 0.1) is 0 Å². The highest BCUT2D eigenvalue weighted by Crippen LogP contribution is 2.33. The number of halogens is 2. The summed E-state index contributed by atoms with van der Waals surface area (Å²) in [4.78, 5) is 23.8. The number of aromatic nitrogens is 1. The van der Waals surface area contributed by atoms with Gasteiger partial charge in [0.1, 0.15) is 12.4 Å². The van der Waals surface area contributed by atoms with Crippen molar-refractivity contribution < 1.29 is 19.1 Å². The Balaban J connectivity index is 1.49. The molecular formula is C23H22ClFN2O3. The molecule has 0 saturated heterocycles. The highest BCUT2D eigenvalue weighted by molar-refractivity contribution is 6.30. The van der Waals surface area contributed by atoms with Crippen molar-refractivity contribution in [1.82, 2.24) is 9.88 Å². The summed E-state index contributed by atoms with van der Waals surface area (Å²) in [5, 5.41) is 13.7. The zero-order chi connectivity index (χ0) is 21.3. The molecule has 30 heavy (non-hydrogen) atoms. The highest BCUT2D eigenvalue weighted by Gasteiger charge is 2.27. The minimum Gasteiger partial charge on any atom is -0.480 e. The average Bonchev–Trinajstić information content (AvgIpc) is 2.98. The molecule has 2 N–H and O–H groups in total. The third-order valence-corrected chi connectivity index (χ3v) is 5.85. The number of carbonyl (C=O) groups is 2. The molecule has 0 radical (unpaired) electrons. The van der Waals surface area contributed by atoms with Crippen LogP contribution in [0.5, 0.6) is 0 Å². The molecule has 0 fully saturated rings. The van der Waals surface area contributed by atoms with Gasteiger partial charge in [-0.1, -0.05) is 23.7 Å². The van der Waals surface area contributed by atoms with Gasteiger partial charge in [-0.3, -0.25) is 9.59 Å². The first-order valence-corrected chi connectivity index (χ1v) is 10.3. The monoisotopic (exact) mass is 428 g/mol.